The number of hydrogen-bond donors (Lipinski definition) is 0. The molecule has 96 valence electrons. The van der Waals surface area contributed by atoms with E-state index in [4.69, 9.17) is 4.74 Å². The maximum Gasteiger partial charge on any atom is 0.123 e. The summed E-state index contributed by atoms with van der Waals surface area (Å²) in [6.45, 7) is 2.61. The van der Waals surface area contributed by atoms with E-state index in [1.165, 1.54) is 32.7 Å². The Morgan fingerprint density at radius 1 is 1.05 bits per heavy atom. The zero-order valence-corrected chi connectivity index (χ0v) is 11.3. The minimum Gasteiger partial charge on any atom is -0.488 e. The maximum absolute atomic E-state index is 12.8. The van der Waals surface area contributed by atoms with Gasteiger partial charge in [0.05, 0.1) is 0 Å². The van der Waals surface area contributed by atoms with E-state index in [0.717, 1.165) is 0 Å². The first-order chi connectivity index (χ1) is 9.20. The van der Waals surface area contributed by atoms with Crippen molar-refractivity contribution in [1.82, 2.24) is 0 Å². The van der Waals surface area contributed by atoms with Crippen LogP contribution in [0.2, 0.25) is 0 Å². The largest absolute Gasteiger partial charge is 0.488 e. The first-order valence-corrected chi connectivity index (χ1v) is 6.90. The molecule has 1 aromatic heterocycles. The van der Waals surface area contributed by atoms with Crippen LogP contribution in [0.15, 0.2) is 48.5 Å². The van der Waals surface area contributed by atoms with Crippen LogP contribution in [-0.2, 0) is 6.61 Å². The molecule has 2 aromatic carbocycles. The Hall–Kier alpha value is -1.87. The highest BCUT2D eigenvalue weighted by Crippen LogP contribution is 2.27. The van der Waals surface area contributed by atoms with E-state index in [9.17, 15) is 4.39 Å². The Labute approximate surface area is 115 Å². The molecule has 0 aliphatic rings. The molecule has 1 nitrogen and oxygen atoms in total. The highest BCUT2D eigenvalue weighted by atomic mass is 32.1. The Kier molecular flexibility index (Phi) is 3.22. The SMILES string of the molecule is Cc1ccc2cc(COc3ccc(F)cc3)sc2c1. The highest BCUT2D eigenvalue weighted by Gasteiger charge is 2.03. The van der Waals surface area contributed by atoms with Gasteiger partial charge in [0.1, 0.15) is 18.2 Å². The predicted molar refractivity (Wildman–Crippen MR) is 77.3 cm³/mol. The number of ether oxygens (including phenoxy) is 1. The fourth-order valence-electron chi connectivity index (χ4n) is 1.95. The first kappa shape index (κ1) is 12.2. The average Bonchev–Trinajstić information content (AvgIpc) is 2.80. The zero-order valence-electron chi connectivity index (χ0n) is 10.5. The van der Waals surface area contributed by atoms with Gasteiger partial charge in [-0.2, -0.15) is 0 Å². The van der Waals surface area contributed by atoms with Gasteiger partial charge < -0.3 is 4.74 Å². The molecule has 1 heterocycles. The van der Waals surface area contributed by atoms with Crippen LogP contribution in [0.1, 0.15) is 10.4 Å². The number of hydrogen-bond acceptors (Lipinski definition) is 2. The summed E-state index contributed by atoms with van der Waals surface area (Å²) >= 11 is 1.73. The van der Waals surface area contributed by atoms with Gasteiger partial charge in [0.2, 0.25) is 0 Å². The lowest BCUT2D eigenvalue weighted by molar-refractivity contribution is 0.309. The second kappa shape index (κ2) is 5.02. The van der Waals surface area contributed by atoms with Crippen molar-refractivity contribution in [1.29, 1.82) is 0 Å². The Morgan fingerprint density at radius 2 is 1.84 bits per heavy atom. The third-order valence-electron chi connectivity index (χ3n) is 2.92. The summed E-state index contributed by atoms with van der Waals surface area (Å²) < 4.78 is 19.7. The van der Waals surface area contributed by atoms with E-state index >= 15 is 0 Å². The van der Waals surface area contributed by atoms with Crippen molar-refractivity contribution in [3.8, 4) is 5.75 Å². The Bertz CT molecular complexity index is 700. The third kappa shape index (κ3) is 2.76. The third-order valence-corrected chi connectivity index (χ3v) is 3.99. The lowest BCUT2D eigenvalue weighted by Crippen LogP contribution is -1.92. The number of aryl methyl sites for hydroxylation is 1. The molecule has 0 saturated heterocycles. The fourth-order valence-corrected chi connectivity index (χ4v) is 3.03. The molecular formula is C16H13FOS. The van der Waals surface area contributed by atoms with Crippen molar-refractivity contribution in [2.75, 3.05) is 0 Å². The van der Waals surface area contributed by atoms with Gasteiger partial charge in [-0.25, -0.2) is 4.39 Å². The van der Waals surface area contributed by atoms with Crippen molar-refractivity contribution in [3.05, 3.63) is 64.8 Å². The second-order valence-electron chi connectivity index (χ2n) is 4.50. The van der Waals surface area contributed by atoms with E-state index in [1.54, 1.807) is 23.5 Å². The molecule has 0 aliphatic carbocycles. The topological polar surface area (TPSA) is 9.23 Å². The van der Waals surface area contributed by atoms with Crippen LogP contribution in [-0.4, -0.2) is 0 Å². The lowest BCUT2D eigenvalue weighted by atomic mass is 10.2. The summed E-state index contributed by atoms with van der Waals surface area (Å²) in [6, 6.07) is 14.7. The minimum atomic E-state index is -0.246. The molecule has 0 radical (unpaired) electrons. The van der Waals surface area contributed by atoms with E-state index in [1.807, 2.05) is 0 Å². The quantitative estimate of drug-likeness (QED) is 0.657. The molecule has 0 amide bonds. The maximum atomic E-state index is 12.8. The van der Waals surface area contributed by atoms with Gasteiger partial charge in [-0.05, 0) is 54.3 Å². The van der Waals surface area contributed by atoms with E-state index in [0.29, 0.717) is 12.4 Å². The van der Waals surface area contributed by atoms with Gasteiger partial charge in [-0.1, -0.05) is 12.1 Å². The summed E-state index contributed by atoms with van der Waals surface area (Å²) in [5, 5.41) is 1.24. The van der Waals surface area contributed by atoms with Crippen LogP contribution in [0.3, 0.4) is 0 Å². The van der Waals surface area contributed by atoms with Crippen molar-refractivity contribution in [2.24, 2.45) is 0 Å². The monoisotopic (exact) mass is 272 g/mol. The van der Waals surface area contributed by atoms with Crippen molar-refractivity contribution in [3.63, 3.8) is 0 Å². The normalized spacial score (nSPS) is 10.8. The molecule has 0 aliphatic heterocycles. The van der Waals surface area contributed by atoms with E-state index in [-0.39, 0.29) is 5.82 Å². The molecule has 0 bridgehead atoms. The number of rotatable bonds is 3. The number of halogens is 1. The van der Waals surface area contributed by atoms with Crippen LogP contribution in [0.5, 0.6) is 5.75 Å². The molecule has 0 spiro atoms. The highest BCUT2D eigenvalue weighted by molar-refractivity contribution is 7.19. The summed E-state index contributed by atoms with van der Waals surface area (Å²) in [5.74, 6) is 0.444. The summed E-state index contributed by atoms with van der Waals surface area (Å²) in [7, 11) is 0. The molecular weight excluding hydrogens is 259 g/mol. The Morgan fingerprint density at radius 3 is 2.63 bits per heavy atom. The zero-order chi connectivity index (χ0) is 13.2. The molecule has 3 aromatic rings. The van der Waals surface area contributed by atoms with Crippen LogP contribution in [0.4, 0.5) is 4.39 Å². The molecule has 3 heteroatoms. The van der Waals surface area contributed by atoms with Crippen LogP contribution in [0.25, 0.3) is 10.1 Å². The standard InChI is InChI=1S/C16H13FOS/c1-11-2-3-12-9-15(19-16(12)8-11)10-18-14-6-4-13(17)5-7-14/h2-9H,10H2,1H3. The molecule has 0 atom stereocenters. The van der Waals surface area contributed by atoms with Gasteiger partial charge in [0.25, 0.3) is 0 Å². The molecule has 0 fully saturated rings. The Balaban J connectivity index is 1.76. The van der Waals surface area contributed by atoms with E-state index < -0.39 is 0 Å². The molecule has 0 N–H and O–H groups in total. The van der Waals surface area contributed by atoms with Gasteiger partial charge in [0, 0.05) is 9.58 Å². The van der Waals surface area contributed by atoms with Gasteiger partial charge in [-0.3, -0.25) is 0 Å². The first-order valence-electron chi connectivity index (χ1n) is 6.08. The van der Waals surface area contributed by atoms with Gasteiger partial charge in [0.15, 0.2) is 0 Å². The number of benzene rings is 2. The summed E-state index contributed by atoms with van der Waals surface area (Å²) in [5.41, 5.74) is 1.26. The lowest BCUT2D eigenvalue weighted by Gasteiger charge is -2.03. The minimum absolute atomic E-state index is 0.246. The van der Waals surface area contributed by atoms with Crippen molar-refractivity contribution in [2.45, 2.75) is 13.5 Å². The average molecular weight is 272 g/mol. The predicted octanol–water partition coefficient (Wildman–Crippen LogP) is 4.93. The van der Waals surface area contributed by atoms with Crippen LogP contribution in [0, 0.1) is 12.7 Å². The van der Waals surface area contributed by atoms with Crippen LogP contribution < -0.4 is 4.74 Å². The van der Waals surface area contributed by atoms with Crippen LogP contribution >= 0.6 is 11.3 Å². The van der Waals surface area contributed by atoms with Gasteiger partial charge >= 0.3 is 0 Å². The number of thiophene rings is 1. The van der Waals surface area contributed by atoms with E-state index in [2.05, 4.69) is 31.2 Å². The summed E-state index contributed by atoms with van der Waals surface area (Å²) in [6.07, 6.45) is 0. The van der Waals surface area contributed by atoms with Crippen molar-refractivity contribution >= 4 is 21.4 Å². The van der Waals surface area contributed by atoms with Crippen molar-refractivity contribution < 1.29 is 9.13 Å². The molecule has 0 unspecified atom stereocenters. The molecule has 0 saturated carbocycles. The number of fused-ring (bicyclic) bond motifs is 1. The smallest absolute Gasteiger partial charge is 0.123 e. The second-order valence-corrected chi connectivity index (χ2v) is 5.66. The molecule has 3 rings (SSSR count). The summed E-state index contributed by atoms with van der Waals surface area (Å²) in [4.78, 5) is 1.17. The fraction of sp³-hybridized carbons (Fsp3) is 0.125. The molecule has 19 heavy (non-hydrogen) atoms. The van der Waals surface area contributed by atoms with Gasteiger partial charge in [-0.15, -0.1) is 11.3 Å².